The van der Waals surface area contributed by atoms with Crippen molar-refractivity contribution in [2.24, 2.45) is 5.41 Å². The van der Waals surface area contributed by atoms with E-state index in [0.717, 1.165) is 11.1 Å². The maximum atomic E-state index is 13.5. The molecule has 0 aliphatic heterocycles. The Bertz CT molecular complexity index is 352. The van der Waals surface area contributed by atoms with Gasteiger partial charge in [0, 0.05) is 18.2 Å². The van der Waals surface area contributed by atoms with E-state index in [1.165, 1.54) is 6.07 Å². The highest BCUT2D eigenvalue weighted by atomic mass is 19.1. The van der Waals surface area contributed by atoms with Gasteiger partial charge in [0.15, 0.2) is 0 Å². The van der Waals surface area contributed by atoms with Gasteiger partial charge < -0.3 is 5.32 Å². The summed E-state index contributed by atoms with van der Waals surface area (Å²) in [6.07, 6.45) is 0. The Hall–Kier alpha value is -0.890. The lowest BCUT2D eigenvalue weighted by Gasteiger charge is -2.28. The second kappa shape index (κ2) is 4.96. The summed E-state index contributed by atoms with van der Waals surface area (Å²) in [6.45, 7) is 11.2. The van der Waals surface area contributed by atoms with E-state index in [-0.39, 0.29) is 11.2 Å². The van der Waals surface area contributed by atoms with Gasteiger partial charge in [-0.1, -0.05) is 38.5 Å². The molecule has 1 aromatic carbocycles. The SMILES string of the molecule is Cc1ccc(F)c(CNC(C)C(C)(C)C)c1. The van der Waals surface area contributed by atoms with Gasteiger partial charge in [0.25, 0.3) is 0 Å². The molecule has 1 aromatic rings. The maximum Gasteiger partial charge on any atom is 0.127 e. The van der Waals surface area contributed by atoms with E-state index in [1.807, 2.05) is 13.0 Å². The third-order valence-corrected chi connectivity index (χ3v) is 3.10. The first-order chi connectivity index (χ1) is 7.30. The van der Waals surface area contributed by atoms with Crippen LogP contribution >= 0.6 is 0 Å². The summed E-state index contributed by atoms with van der Waals surface area (Å²) in [7, 11) is 0. The molecule has 1 atom stereocenters. The van der Waals surface area contributed by atoms with Crippen LogP contribution in [-0.4, -0.2) is 6.04 Å². The summed E-state index contributed by atoms with van der Waals surface area (Å²) in [5.74, 6) is -0.126. The number of benzene rings is 1. The number of nitrogens with one attached hydrogen (secondary N) is 1. The molecular weight excluding hydrogens is 201 g/mol. The lowest BCUT2D eigenvalue weighted by Crippen LogP contribution is -2.37. The van der Waals surface area contributed by atoms with Crippen LogP contribution in [0, 0.1) is 18.2 Å². The van der Waals surface area contributed by atoms with Crippen molar-refractivity contribution >= 4 is 0 Å². The first-order valence-electron chi connectivity index (χ1n) is 5.79. The lowest BCUT2D eigenvalue weighted by atomic mass is 9.88. The minimum atomic E-state index is -0.126. The van der Waals surface area contributed by atoms with Crippen molar-refractivity contribution in [3.8, 4) is 0 Å². The molecule has 0 bridgehead atoms. The molecule has 90 valence electrons. The molecule has 0 saturated heterocycles. The molecule has 1 unspecified atom stereocenters. The van der Waals surface area contributed by atoms with Crippen LogP contribution in [-0.2, 0) is 6.54 Å². The summed E-state index contributed by atoms with van der Waals surface area (Å²) in [6, 6.07) is 5.59. The van der Waals surface area contributed by atoms with Crippen molar-refractivity contribution in [1.29, 1.82) is 0 Å². The van der Waals surface area contributed by atoms with Gasteiger partial charge in [-0.05, 0) is 25.3 Å². The van der Waals surface area contributed by atoms with Gasteiger partial charge in [-0.2, -0.15) is 0 Å². The summed E-state index contributed by atoms with van der Waals surface area (Å²) in [5, 5.41) is 3.37. The van der Waals surface area contributed by atoms with Crippen molar-refractivity contribution < 1.29 is 4.39 Å². The van der Waals surface area contributed by atoms with Crippen LogP contribution in [0.5, 0.6) is 0 Å². The minimum absolute atomic E-state index is 0.126. The van der Waals surface area contributed by atoms with Crippen LogP contribution in [0.1, 0.15) is 38.8 Å². The Kier molecular flexibility index (Phi) is 4.09. The number of halogens is 1. The minimum Gasteiger partial charge on any atom is -0.310 e. The van der Waals surface area contributed by atoms with Gasteiger partial charge in [0.2, 0.25) is 0 Å². The van der Waals surface area contributed by atoms with Crippen molar-refractivity contribution in [3.05, 3.63) is 35.1 Å². The Balaban J connectivity index is 2.64. The first-order valence-corrected chi connectivity index (χ1v) is 5.79. The third kappa shape index (κ3) is 3.60. The van der Waals surface area contributed by atoms with E-state index in [9.17, 15) is 4.39 Å². The Labute approximate surface area is 98.1 Å². The fourth-order valence-corrected chi connectivity index (χ4v) is 1.41. The fourth-order valence-electron chi connectivity index (χ4n) is 1.41. The molecule has 1 nitrogen and oxygen atoms in total. The number of aryl methyl sites for hydroxylation is 1. The van der Waals surface area contributed by atoms with Gasteiger partial charge in [0.05, 0.1) is 0 Å². The Morgan fingerprint density at radius 1 is 1.31 bits per heavy atom. The first kappa shape index (κ1) is 13.2. The van der Waals surface area contributed by atoms with Gasteiger partial charge in [-0.25, -0.2) is 4.39 Å². The molecule has 16 heavy (non-hydrogen) atoms. The third-order valence-electron chi connectivity index (χ3n) is 3.10. The zero-order valence-corrected chi connectivity index (χ0v) is 10.9. The number of hydrogen-bond donors (Lipinski definition) is 1. The molecule has 0 aromatic heterocycles. The molecule has 1 rings (SSSR count). The van der Waals surface area contributed by atoms with Crippen LogP contribution in [0.4, 0.5) is 4.39 Å². The number of hydrogen-bond acceptors (Lipinski definition) is 1. The van der Waals surface area contributed by atoms with Crippen LogP contribution in [0.3, 0.4) is 0 Å². The largest absolute Gasteiger partial charge is 0.310 e. The van der Waals surface area contributed by atoms with E-state index >= 15 is 0 Å². The van der Waals surface area contributed by atoms with E-state index in [1.54, 1.807) is 6.07 Å². The van der Waals surface area contributed by atoms with Crippen molar-refractivity contribution in [2.75, 3.05) is 0 Å². The van der Waals surface area contributed by atoms with Gasteiger partial charge >= 0.3 is 0 Å². The van der Waals surface area contributed by atoms with Crippen molar-refractivity contribution in [1.82, 2.24) is 5.32 Å². The quantitative estimate of drug-likeness (QED) is 0.824. The van der Waals surface area contributed by atoms with E-state index < -0.39 is 0 Å². The molecule has 0 aliphatic rings. The second-order valence-electron chi connectivity index (χ2n) is 5.56. The number of rotatable bonds is 3. The Morgan fingerprint density at radius 3 is 2.50 bits per heavy atom. The molecule has 2 heteroatoms. The molecule has 0 saturated carbocycles. The maximum absolute atomic E-state index is 13.5. The normalized spacial score (nSPS) is 13.9. The van der Waals surface area contributed by atoms with Gasteiger partial charge in [-0.15, -0.1) is 0 Å². The van der Waals surface area contributed by atoms with Gasteiger partial charge in [-0.3, -0.25) is 0 Å². The molecule has 0 amide bonds. The summed E-state index contributed by atoms with van der Waals surface area (Å²) in [5.41, 5.74) is 2.04. The second-order valence-corrected chi connectivity index (χ2v) is 5.56. The average molecular weight is 223 g/mol. The highest BCUT2D eigenvalue weighted by Crippen LogP contribution is 2.19. The van der Waals surface area contributed by atoms with Gasteiger partial charge in [0.1, 0.15) is 5.82 Å². The molecule has 0 fully saturated rings. The summed E-state index contributed by atoms with van der Waals surface area (Å²) >= 11 is 0. The van der Waals surface area contributed by atoms with Crippen molar-refractivity contribution in [3.63, 3.8) is 0 Å². The summed E-state index contributed by atoms with van der Waals surface area (Å²) in [4.78, 5) is 0. The predicted molar refractivity (Wildman–Crippen MR) is 66.9 cm³/mol. The zero-order valence-electron chi connectivity index (χ0n) is 10.9. The van der Waals surface area contributed by atoms with Crippen LogP contribution in [0.25, 0.3) is 0 Å². The highest BCUT2D eigenvalue weighted by Gasteiger charge is 2.19. The van der Waals surface area contributed by atoms with Crippen LogP contribution in [0.15, 0.2) is 18.2 Å². The zero-order chi connectivity index (χ0) is 12.3. The predicted octanol–water partition coefficient (Wildman–Crippen LogP) is 3.66. The highest BCUT2D eigenvalue weighted by molar-refractivity contribution is 5.23. The summed E-state index contributed by atoms with van der Waals surface area (Å²) < 4.78 is 13.5. The monoisotopic (exact) mass is 223 g/mol. The molecule has 0 aliphatic carbocycles. The van der Waals surface area contributed by atoms with E-state index in [0.29, 0.717) is 12.6 Å². The molecule has 0 spiro atoms. The Morgan fingerprint density at radius 2 is 1.94 bits per heavy atom. The standard InChI is InChI=1S/C14H22FN/c1-10-6-7-13(15)12(8-10)9-16-11(2)14(3,4)5/h6-8,11,16H,9H2,1-5H3. The molecule has 0 radical (unpaired) electrons. The van der Waals surface area contributed by atoms with Crippen LogP contribution < -0.4 is 5.32 Å². The average Bonchev–Trinajstić information content (AvgIpc) is 2.17. The lowest BCUT2D eigenvalue weighted by molar-refractivity contribution is 0.284. The van der Waals surface area contributed by atoms with Crippen molar-refractivity contribution in [2.45, 2.75) is 47.2 Å². The van der Waals surface area contributed by atoms with E-state index in [2.05, 4.69) is 33.0 Å². The van der Waals surface area contributed by atoms with E-state index in [4.69, 9.17) is 0 Å². The smallest absolute Gasteiger partial charge is 0.127 e. The fraction of sp³-hybridized carbons (Fsp3) is 0.571. The molecule has 1 N–H and O–H groups in total. The molecule has 0 heterocycles. The van der Waals surface area contributed by atoms with Crippen LogP contribution in [0.2, 0.25) is 0 Å². The molecular formula is C14H22FN. The topological polar surface area (TPSA) is 12.0 Å².